The molecule has 0 bridgehead atoms. The maximum absolute atomic E-state index is 12.4. The molecule has 4 heteroatoms. The van der Waals surface area contributed by atoms with Gasteiger partial charge in [0.15, 0.2) is 0 Å². The lowest BCUT2D eigenvalue weighted by Gasteiger charge is -2.22. The third kappa shape index (κ3) is 3.71. The van der Waals surface area contributed by atoms with Crippen LogP contribution in [0.2, 0.25) is 0 Å². The van der Waals surface area contributed by atoms with E-state index in [1.165, 1.54) is 5.56 Å². The Kier molecular flexibility index (Phi) is 5.38. The second-order valence-corrected chi connectivity index (χ2v) is 9.36. The number of aryl methyl sites for hydroxylation is 6. The summed E-state index contributed by atoms with van der Waals surface area (Å²) in [7, 11) is -4.46. The SMILES string of the molecule is Cc1cc(C)c(-c2cccc(P(=O)(O)O)c2-c2c(C)cc(C)cc2C)c(C)c1. The molecule has 0 saturated carbocycles. The van der Waals surface area contributed by atoms with Crippen LogP contribution in [0.5, 0.6) is 0 Å². The highest BCUT2D eigenvalue weighted by molar-refractivity contribution is 7.60. The fraction of sp³-hybridized carbons (Fsp3) is 0.250. The van der Waals surface area contributed by atoms with Crippen LogP contribution in [0.4, 0.5) is 0 Å². The van der Waals surface area contributed by atoms with Crippen molar-refractivity contribution in [3.8, 4) is 22.3 Å². The summed E-state index contributed by atoms with van der Waals surface area (Å²) in [5.41, 5.74) is 9.99. The van der Waals surface area contributed by atoms with Gasteiger partial charge in [-0.15, -0.1) is 0 Å². The minimum Gasteiger partial charge on any atom is -0.321 e. The van der Waals surface area contributed by atoms with Gasteiger partial charge >= 0.3 is 7.60 Å². The normalized spacial score (nSPS) is 11.7. The number of rotatable bonds is 3. The van der Waals surface area contributed by atoms with Crippen molar-refractivity contribution < 1.29 is 14.4 Å². The topological polar surface area (TPSA) is 57.5 Å². The minimum atomic E-state index is -4.46. The molecule has 0 fully saturated rings. The van der Waals surface area contributed by atoms with Crippen LogP contribution < -0.4 is 5.30 Å². The van der Waals surface area contributed by atoms with Gasteiger partial charge in [-0.2, -0.15) is 0 Å². The van der Waals surface area contributed by atoms with Crippen LogP contribution in [0.15, 0.2) is 42.5 Å². The summed E-state index contributed by atoms with van der Waals surface area (Å²) >= 11 is 0. The van der Waals surface area contributed by atoms with Gasteiger partial charge in [-0.05, 0) is 86.6 Å². The molecule has 0 radical (unpaired) electrons. The molecule has 0 spiro atoms. The lowest BCUT2D eigenvalue weighted by Crippen LogP contribution is -2.11. The van der Waals surface area contributed by atoms with Gasteiger partial charge in [-0.3, -0.25) is 4.57 Å². The highest BCUT2D eigenvalue weighted by Gasteiger charge is 2.27. The van der Waals surface area contributed by atoms with Crippen molar-refractivity contribution >= 4 is 12.9 Å². The van der Waals surface area contributed by atoms with Crippen molar-refractivity contribution in [2.45, 2.75) is 41.5 Å². The Morgan fingerprint density at radius 1 is 0.643 bits per heavy atom. The van der Waals surface area contributed by atoms with Gasteiger partial charge < -0.3 is 9.79 Å². The van der Waals surface area contributed by atoms with Crippen LogP contribution in [0.1, 0.15) is 33.4 Å². The van der Waals surface area contributed by atoms with Gasteiger partial charge in [0.05, 0.1) is 5.30 Å². The maximum Gasteiger partial charge on any atom is 0.356 e. The Balaban J connectivity index is 2.51. The molecule has 3 aromatic rings. The Morgan fingerprint density at radius 3 is 1.50 bits per heavy atom. The van der Waals surface area contributed by atoms with Crippen LogP contribution in [0, 0.1) is 41.5 Å². The van der Waals surface area contributed by atoms with E-state index in [1.807, 2.05) is 26.8 Å². The van der Waals surface area contributed by atoms with E-state index in [-0.39, 0.29) is 5.30 Å². The molecular weight excluding hydrogens is 367 g/mol. The number of benzene rings is 3. The zero-order chi connectivity index (χ0) is 20.8. The second kappa shape index (κ2) is 7.33. The molecule has 146 valence electrons. The van der Waals surface area contributed by atoms with Crippen molar-refractivity contribution in [3.05, 3.63) is 75.8 Å². The van der Waals surface area contributed by atoms with Gasteiger partial charge in [-0.1, -0.05) is 47.5 Å². The fourth-order valence-corrected chi connectivity index (χ4v) is 5.24. The summed E-state index contributed by atoms with van der Waals surface area (Å²) < 4.78 is 12.4. The van der Waals surface area contributed by atoms with E-state index >= 15 is 0 Å². The van der Waals surface area contributed by atoms with Gasteiger partial charge in [0.1, 0.15) is 0 Å². The van der Waals surface area contributed by atoms with Gasteiger partial charge in [0.2, 0.25) is 0 Å². The first-order valence-electron chi connectivity index (χ1n) is 9.36. The Hall–Kier alpha value is -2.19. The third-order valence-corrected chi connectivity index (χ3v) is 6.23. The summed E-state index contributed by atoms with van der Waals surface area (Å²) in [6, 6.07) is 13.6. The maximum atomic E-state index is 12.4. The molecule has 0 atom stereocenters. The zero-order valence-electron chi connectivity index (χ0n) is 17.3. The Labute approximate surface area is 167 Å². The second-order valence-electron chi connectivity index (χ2n) is 7.79. The van der Waals surface area contributed by atoms with E-state index < -0.39 is 7.60 Å². The molecule has 0 aliphatic heterocycles. The molecule has 3 nitrogen and oxygen atoms in total. The number of hydrogen-bond acceptors (Lipinski definition) is 1. The highest BCUT2D eigenvalue weighted by atomic mass is 31.2. The van der Waals surface area contributed by atoms with E-state index in [9.17, 15) is 14.4 Å². The van der Waals surface area contributed by atoms with Crippen LogP contribution in [-0.4, -0.2) is 9.79 Å². The van der Waals surface area contributed by atoms with Crippen molar-refractivity contribution in [2.24, 2.45) is 0 Å². The summed E-state index contributed by atoms with van der Waals surface area (Å²) in [6.07, 6.45) is 0. The smallest absolute Gasteiger partial charge is 0.321 e. The van der Waals surface area contributed by atoms with Crippen molar-refractivity contribution in [2.75, 3.05) is 0 Å². The average molecular weight is 394 g/mol. The summed E-state index contributed by atoms with van der Waals surface area (Å²) in [5, 5.41) is 0.0828. The van der Waals surface area contributed by atoms with Crippen LogP contribution >= 0.6 is 7.60 Å². The molecule has 0 unspecified atom stereocenters. The minimum absolute atomic E-state index is 0.0828. The average Bonchev–Trinajstić information content (AvgIpc) is 2.53. The Bertz CT molecular complexity index is 1080. The van der Waals surface area contributed by atoms with Gasteiger partial charge in [-0.25, -0.2) is 0 Å². The van der Waals surface area contributed by atoms with Crippen molar-refractivity contribution in [1.29, 1.82) is 0 Å². The Morgan fingerprint density at radius 2 is 1.07 bits per heavy atom. The van der Waals surface area contributed by atoms with E-state index in [0.717, 1.165) is 44.5 Å². The standard InChI is InChI=1S/C24H27O3P/c1-14-10-16(3)22(17(4)11-14)20-8-7-9-21(28(25,26)27)24(20)23-18(5)12-15(2)13-19(23)6/h7-13H,1-6H3,(H2,25,26,27). The first-order chi connectivity index (χ1) is 13.0. The molecular formula is C24H27O3P. The molecule has 3 aromatic carbocycles. The van der Waals surface area contributed by atoms with Crippen molar-refractivity contribution in [3.63, 3.8) is 0 Å². The lowest BCUT2D eigenvalue weighted by molar-refractivity contribution is 0.387. The molecule has 0 aliphatic carbocycles. The quantitative estimate of drug-likeness (QED) is 0.563. The lowest BCUT2D eigenvalue weighted by atomic mass is 9.85. The van der Waals surface area contributed by atoms with Crippen LogP contribution in [-0.2, 0) is 4.57 Å². The van der Waals surface area contributed by atoms with E-state index in [4.69, 9.17) is 0 Å². The predicted molar refractivity (Wildman–Crippen MR) is 117 cm³/mol. The molecule has 3 rings (SSSR count). The monoisotopic (exact) mass is 394 g/mol. The van der Waals surface area contributed by atoms with E-state index in [2.05, 4.69) is 45.0 Å². The molecule has 0 heterocycles. The highest BCUT2D eigenvalue weighted by Crippen LogP contribution is 2.45. The fourth-order valence-electron chi connectivity index (χ4n) is 4.43. The third-order valence-electron chi connectivity index (χ3n) is 5.23. The molecule has 0 amide bonds. The molecule has 0 aliphatic rings. The predicted octanol–water partition coefficient (Wildman–Crippen LogP) is 5.67. The molecule has 2 N–H and O–H groups in total. The van der Waals surface area contributed by atoms with Crippen LogP contribution in [0.25, 0.3) is 22.3 Å². The van der Waals surface area contributed by atoms with E-state index in [0.29, 0.717) is 5.56 Å². The molecule has 0 saturated heterocycles. The van der Waals surface area contributed by atoms with Gasteiger partial charge in [0, 0.05) is 5.56 Å². The first kappa shape index (κ1) is 20.5. The summed E-state index contributed by atoms with van der Waals surface area (Å²) in [6.45, 7) is 12.2. The van der Waals surface area contributed by atoms with E-state index in [1.54, 1.807) is 12.1 Å². The first-order valence-corrected chi connectivity index (χ1v) is 11.0. The van der Waals surface area contributed by atoms with Gasteiger partial charge in [0.25, 0.3) is 0 Å². The molecule has 0 aromatic heterocycles. The summed E-state index contributed by atoms with van der Waals surface area (Å²) in [5.74, 6) is 0. The zero-order valence-corrected chi connectivity index (χ0v) is 18.2. The van der Waals surface area contributed by atoms with Crippen molar-refractivity contribution in [1.82, 2.24) is 0 Å². The summed E-state index contributed by atoms with van der Waals surface area (Å²) in [4.78, 5) is 20.3. The largest absolute Gasteiger partial charge is 0.356 e. The molecule has 28 heavy (non-hydrogen) atoms. The van der Waals surface area contributed by atoms with Crippen LogP contribution in [0.3, 0.4) is 0 Å². The number of hydrogen-bond donors (Lipinski definition) is 2.